The second-order valence-electron chi connectivity index (χ2n) is 5.16. The SMILES string of the molecule is CCC(C)c1ccc2c(c1)c1ccccc1n2C. The highest BCUT2D eigenvalue weighted by Crippen LogP contribution is 2.31. The number of hydrogen-bond acceptors (Lipinski definition) is 0. The number of aromatic nitrogens is 1. The Bertz CT molecular complexity index is 706. The summed E-state index contributed by atoms with van der Waals surface area (Å²) >= 11 is 0. The Kier molecular flexibility index (Phi) is 2.62. The van der Waals surface area contributed by atoms with E-state index in [0.29, 0.717) is 5.92 Å². The lowest BCUT2D eigenvalue weighted by Gasteiger charge is -2.09. The highest BCUT2D eigenvalue weighted by Gasteiger charge is 2.10. The zero-order valence-electron chi connectivity index (χ0n) is 11.3. The molecule has 0 spiro atoms. The van der Waals surface area contributed by atoms with Crippen LogP contribution in [0.25, 0.3) is 21.8 Å². The van der Waals surface area contributed by atoms with Gasteiger partial charge in [0.25, 0.3) is 0 Å². The molecule has 3 rings (SSSR count). The van der Waals surface area contributed by atoms with Gasteiger partial charge in [0.05, 0.1) is 0 Å². The molecule has 1 heteroatoms. The summed E-state index contributed by atoms with van der Waals surface area (Å²) in [7, 11) is 2.15. The number of fused-ring (bicyclic) bond motifs is 3. The van der Waals surface area contributed by atoms with Gasteiger partial charge in [-0.2, -0.15) is 0 Å². The maximum absolute atomic E-state index is 2.37. The molecule has 0 aliphatic carbocycles. The number of benzene rings is 2. The quantitative estimate of drug-likeness (QED) is 0.600. The Labute approximate surface area is 108 Å². The van der Waals surface area contributed by atoms with E-state index >= 15 is 0 Å². The summed E-state index contributed by atoms with van der Waals surface area (Å²) in [6.45, 7) is 4.55. The molecular formula is C17H19N. The van der Waals surface area contributed by atoms with E-state index in [0.717, 1.165) is 0 Å². The Hall–Kier alpha value is -1.76. The molecule has 0 radical (unpaired) electrons. The van der Waals surface area contributed by atoms with Crippen molar-refractivity contribution in [3.63, 3.8) is 0 Å². The lowest BCUT2D eigenvalue weighted by Crippen LogP contribution is -1.91. The van der Waals surface area contributed by atoms with Gasteiger partial charge >= 0.3 is 0 Å². The van der Waals surface area contributed by atoms with Crippen molar-refractivity contribution in [1.29, 1.82) is 0 Å². The molecule has 2 aromatic carbocycles. The minimum atomic E-state index is 0.633. The minimum absolute atomic E-state index is 0.633. The molecule has 1 aromatic heterocycles. The Morgan fingerprint density at radius 1 is 1.00 bits per heavy atom. The number of para-hydroxylation sites is 1. The molecule has 0 saturated heterocycles. The smallest absolute Gasteiger partial charge is 0.0488 e. The van der Waals surface area contributed by atoms with Crippen LogP contribution in [0.4, 0.5) is 0 Å². The van der Waals surface area contributed by atoms with Crippen LogP contribution in [0.3, 0.4) is 0 Å². The largest absolute Gasteiger partial charge is 0.344 e. The summed E-state index contributed by atoms with van der Waals surface area (Å²) in [5.41, 5.74) is 4.08. The predicted octanol–water partition coefficient (Wildman–Crippen LogP) is 4.85. The van der Waals surface area contributed by atoms with Gasteiger partial charge in [-0.15, -0.1) is 0 Å². The van der Waals surface area contributed by atoms with E-state index in [1.54, 1.807) is 0 Å². The minimum Gasteiger partial charge on any atom is -0.344 e. The first kappa shape index (κ1) is 11.3. The third kappa shape index (κ3) is 1.54. The topological polar surface area (TPSA) is 4.93 Å². The fourth-order valence-corrected chi connectivity index (χ4v) is 2.73. The van der Waals surface area contributed by atoms with Crippen LogP contribution in [0.1, 0.15) is 31.7 Å². The first-order chi connectivity index (χ1) is 8.72. The highest BCUT2D eigenvalue weighted by atomic mass is 14.9. The van der Waals surface area contributed by atoms with Crippen molar-refractivity contribution in [2.75, 3.05) is 0 Å². The van der Waals surface area contributed by atoms with Gasteiger partial charge in [-0.05, 0) is 36.1 Å². The number of aryl methyl sites for hydroxylation is 1. The summed E-state index contributed by atoms with van der Waals surface area (Å²) in [6, 6.07) is 15.5. The highest BCUT2D eigenvalue weighted by molar-refractivity contribution is 6.08. The predicted molar refractivity (Wildman–Crippen MR) is 79.1 cm³/mol. The molecule has 1 atom stereocenters. The van der Waals surface area contributed by atoms with Gasteiger partial charge in [-0.25, -0.2) is 0 Å². The molecule has 0 bridgehead atoms. The van der Waals surface area contributed by atoms with Crippen LogP contribution in [0.5, 0.6) is 0 Å². The van der Waals surface area contributed by atoms with Crippen LogP contribution < -0.4 is 0 Å². The van der Waals surface area contributed by atoms with Crippen molar-refractivity contribution < 1.29 is 0 Å². The van der Waals surface area contributed by atoms with E-state index < -0.39 is 0 Å². The van der Waals surface area contributed by atoms with E-state index in [9.17, 15) is 0 Å². The zero-order chi connectivity index (χ0) is 12.7. The average molecular weight is 237 g/mol. The van der Waals surface area contributed by atoms with Crippen LogP contribution in [-0.2, 0) is 7.05 Å². The lowest BCUT2D eigenvalue weighted by atomic mass is 9.97. The lowest BCUT2D eigenvalue weighted by molar-refractivity contribution is 0.734. The van der Waals surface area contributed by atoms with Crippen molar-refractivity contribution in [2.45, 2.75) is 26.2 Å². The van der Waals surface area contributed by atoms with Crippen LogP contribution in [-0.4, -0.2) is 4.57 Å². The van der Waals surface area contributed by atoms with E-state index in [4.69, 9.17) is 0 Å². The molecule has 0 amide bonds. The Morgan fingerprint density at radius 3 is 2.50 bits per heavy atom. The molecule has 0 N–H and O–H groups in total. The van der Waals surface area contributed by atoms with E-state index in [2.05, 4.69) is 67.9 Å². The summed E-state index contributed by atoms with van der Waals surface area (Å²) in [5.74, 6) is 0.633. The van der Waals surface area contributed by atoms with Crippen LogP contribution >= 0.6 is 0 Å². The first-order valence-electron chi connectivity index (χ1n) is 6.69. The summed E-state index contributed by atoms with van der Waals surface area (Å²) in [4.78, 5) is 0. The molecule has 18 heavy (non-hydrogen) atoms. The van der Waals surface area contributed by atoms with Crippen LogP contribution in [0.2, 0.25) is 0 Å². The standard InChI is InChI=1S/C17H19N/c1-4-12(2)13-9-10-17-15(11-13)14-7-5-6-8-16(14)18(17)3/h5-12H,4H2,1-3H3. The van der Waals surface area contributed by atoms with E-state index in [-0.39, 0.29) is 0 Å². The molecule has 92 valence electrons. The van der Waals surface area contributed by atoms with Crippen LogP contribution in [0.15, 0.2) is 42.5 Å². The molecular weight excluding hydrogens is 218 g/mol. The maximum atomic E-state index is 2.37. The van der Waals surface area contributed by atoms with Gasteiger partial charge in [0.1, 0.15) is 0 Å². The number of nitrogens with zero attached hydrogens (tertiary/aromatic N) is 1. The zero-order valence-corrected chi connectivity index (χ0v) is 11.3. The average Bonchev–Trinajstić information content (AvgIpc) is 2.72. The van der Waals surface area contributed by atoms with Crippen molar-refractivity contribution in [2.24, 2.45) is 7.05 Å². The van der Waals surface area contributed by atoms with Gasteiger partial charge in [-0.1, -0.05) is 38.1 Å². The molecule has 1 heterocycles. The summed E-state index contributed by atoms with van der Waals surface area (Å²) < 4.78 is 2.28. The van der Waals surface area contributed by atoms with E-state index in [1.807, 2.05) is 0 Å². The fraction of sp³-hybridized carbons (Fsp3) is 0.294. The number of rotatable bonds is 2. The summed E-state index contributed by atoms with van der Waals surface area (Å²) in [5, 5.41) is 2.74. The van der Waals surface area contributed by atoms with Crippen molar-refractivity contribution in [3.05, 3.63) is 48.0 Å². The second kappa shape index (κ2) is 4.16. The third-order valence-electron chi connectivity index (χ3n) is 4.12. The molecule has 0 saturated carbocycles. The molecule has 0 aliphatic heterocycles. The van der Waals surface area contributed by atoms with Gasteiger partial charge < -0.3 is 4.57 Å². The van der Waals surface area contributed by atoms with Crippen molar-refractivity contribution >= 4 is 21.8 Å². The second-order valence-corrected chi connectivity index (χ2v) is 5.16. The molecule has 1 unspecified atom stereocenters. The third-order valence-corrected chi connectivity index (χ3v) is 4.12. The molecule has 0 aliphatic rings. The van der Waals surface area contributed by atoms with Crippen molar-refractivity contribution in [3.8, 4) is 0 Å². The number of hydrogen-bond donors (Lipinski definition) is 0. The Balaban J connectivity index is 2.36. The van der Waals surface area contributed by atoms with Gasteiger partial charge in [0.15, 0.2) is 0 Å². The monoisotopic (exact) mass is 237 g/mol. The molecule has 1 nitrogen and oxygen atoms in total. The summed E-state index contributed by atoms with van der Waals surface area (Å²) in [6.07, 6.45) is 1.19. The maximum Gasteiger partial charge on any atom is 0.0488 e. The molecule has 3 aromatic rings. The van der Waals surface area contributed by atoms with Gasteiger partial charge in [0, 0.05) is 28.9 Å². The molecule has 0 fully saturated rings. The fourth-order valence-electron chi connectivity index (χ4n) is 2.73. The first-order valence-corrected chi connectivity index (χ1v) is 6.69. The Morgan fingerprint density at radius 2 is 1.72 bits per heavy atom. The normalized spacial score (nSPS) is 13.3. The van der Waals surface area contributed by atoms with Gasteiger partial charge in [0.2, 0.25) is 0 Å². The van der Waals surface area contributed by atoms with Gasteiger partial charge in [-0.3, -0.25) is 0 Å². The van der Waals surface area contributed by atoms with Crippen LogP contribution in [0, 0.1) is 0 Å². The van der Waals surface area contributed by atoms with E-state index in [1.165, 1.54) is 33.8 Å². The van der Waals surface area contributed by atoms with Crippen molar-refractivity contribution in [1.82, 2.24) is 4.57 Å².